The molecule has 1 aromatic carbocycles. The third-order valence-corrected chi connectivity index (χ3v) is 4.84. The summed E-state index contributed by atoms with van der Waals surface area (Å²) in [5.41, 5.74) is 6.52. The second-order valence-electron chi connectivity index (χ2n) is 6.01. The van der Waals surface area contributed by atoms with E-state index in [2.05, 4.69) is 37.6 Å². The number of hydrogen-bond acceptors (Lipinski definition) is 1. The Hall–Kier alpha value is -1.77. The molecule has 1 aromatic heterocycles. The monoisotopic (exact) mass is 271 g/mol. The first-order valence-corrected chi connectivity index (χ1v) is 7.30. The molecule has 0 bridgehead atoms. The van der Waals surface area contributed by atoms with E-state index in [1.165, 1.54) is 33.3 Å². The zero-order valence-corrected chi connectivity index (χ0v) is 12.4. The van der Waals surface area contributed by atoms with E-state index in [0.29, 0.717) is 0 Å². The van der Waals surface area contributed by atoms with E-state index in [4.69, 9.17) is 5.11 Å². The quantitative estimate of drug-likeness (QED) is 0.905. The van der Waals surface area contributed by atoms with Crippen molar-refractivity contribution >= 4 is 16.9 Å². The number of hydrogen-bond donors (Lipinski definition) is 1. The van der Waals surface area contributed by atoms with Crippen molar-refractivity contribution in [2.75, 3.05) is 0 Å². The summed E-state index contributed by atoms with van der Waals surface area (Å²) in [6, 6.07) is 4.33. The van der Waals surface area contributed by atoms with Crippen molar-refractivity contribution in [1.82, 2.24) is 4.57 Å². The molecule has 0 radical (unpaired) electrons. The normalized spacial score (nSPS) is 18.2. The standard InChI is InChI=1S/C17H21NO2/c1-10-7-8-13-16-12(9-15(19)20)5-4-6-14(16)18(3)17(13)11(10)2/h7-8,12H,4-6,9H2,1-3H3,(H,19,20). The Morgan fingerprint density at radius 3 is 2.85 bits per heavy atom. The number of carbonyl (C=O) groups is 1. The van der Waals surface area contributed by atoms with Crippen molar-refractivity contribution in [2.45, 2.75) is 45.4 Å². The molecule has 1 atom stereocenters. The molecular weight excluding hydrogens is 250 g/mol. The minimum Gasteiger partial charge on any atom is -0.481 e. The fourth-order valence-electron chi connectivity index (χ4n) is 3.75. The van der Waals surface area contributed by atoms with Gasteiger partial charge in [0, 0.05) is 18.1 Å². The predicted octanol–water partition coefficient (Wildman–Crippen LogP) is 3.69. The van der Waals surface area contributed by atoms with Crippen molar-refractivity contribution < 1.29 is 9.90 Å². The molecule has 0 saturated heterocycles. The van der Waals surface area contributed by atoms with Gasteiger partial charge in [-0.25, -0.2) is 0 Å². The van der Waals surface area contributed by atoms with Crippen LogP contribution in [0.2, 0.25) is 0 Å². The second kappa shape index (κ2) is 4.65. The maximum Gasteiger partial charge on any atom is 0.303 e. The van der Waals surface area contributed by atoms with E-state index in [9.17, 15) is 4.79 Å². The molecule has 0 amide bonds. The number of rotatable bonds is 2. The Labute approximate surface area is 119 Å². The lowest BCUT2D eigenvalue weighted by molar-refractivity contribution is -0.137. The third-order valence-electron chi connectivity index (χ3n) is 4.84. The summed E-state index contributed by atoms with van der Waals surface area (Å²) in [6.07, 6.45) is 3.40. The van der Waals surface area contributed by atoms with Crippen LogP contribution in [0.5, 0.6) is 0 Å². The lowest BCUT2D eigenvalue weighted by Gasteiger charge is -2.22. The Kier molecular flexibility index (Phi) is 3.08. The Balaban J connectivity index is 2.28. The SMILES string of the molecule is Cc1ccc2c3c(n(C)c2c1C)CCCC3CC(=O)O. The number of aryl methyl sites for hydroxylation is 3. The van der Waals surface area contributed by atoms with E-state index in [1.54, 1.807) is 0 Å². The van der Waals surface area contributed by atoms with Crippen LogP contribution in [-0.4, -0.2) is 15.6 Å². The molecular formula is C17H21NO2. The van der Waals surface area contributed by atoms with Crippen LogP contribution in [0.3, 0.4) is 0 Å². The molecule has 0 fully saturated rings. The molecule has 1 heterocycles. The number of carboxylic acids is 1. The first-order chi connectivity index (χ1) is 9.50. The minimum atomic E-state index is -0.691. The van der Waals surface area contributed by atoms with E-state index in [-0.39, 0.29) is 12.3 Å². The molecule has 20 heavy (non-hydrogen) atoms. The highest BCUT2D eigenvalue weighted by atomic mass is 16.4. The van der Waals surface area contributed by atoms with Gasteiger partial charge in [-0.1, -0.05) is 12.1 Å². The fraction of sp³-hybridized carbons (Fsp3) is 0.471. The molecule has 2 aromatic rings. The van der Waals surface area contributed by atoms with Crippen molar-refractivity contribution in [3.05, 3.63) is 34.5 Å². The van der Waals surface area contributed by atoms with Gasteiger partial charge < -0.3 is 9.67 Å². The Morgan fingerprint density at radius 2 is 2.15 bits per heavy atom. The van der Waals surface area contributed by atoms with Crippen LogP contribution in [0.15, 0.2) is 12.1 Å². The van der Waals surface area contributed by atoms with Crippen LogP contribution < -0.4 is 0 Å². The van der Waals surface area contributed by atoms with Crippen molar-refractivity contribution in [1.29, 1.82) is 0 Å². The van der Waals surface area contributed by atoms with Gasteiger partial charge in [0.2, 0.25) is 0 Å². The van der Waals surface area contributed by atoms with Crippen LogP contribution in [-0.2, 0) is 18.3 Å². The van der Waals surface area contributed by atoms with E-state index < -0.39 is 5.97 Å². The molecule has 3 rings (SSSR count). The fourth-order valence-corrected chi connectivity index (χ4v) is 3.75. The summed E-state index contributed by atoms with van der Waals surface area (Å²) in [5, 5.41) is 10.4. The van der Waals surface area contributed by atoms with Crippen LogP contribution in [0.25, 0.3) is 10.9 Å². The highest BCUT2D eigenvalue weighted by Gasteiger charge is 2.28. The summed E-state index contributed by atoms with van der Waals surface area (Å²) < 4.78 is 2.29. The first-order valence-electron chi connectivity index (χ1n) is 7.30. The number of carboxylic acid groups (broad SMARTS) is 1. The van der Waals surface area contributed by atoms with Gasteiger partial charge in [0.15, 0.2) is 0 Å². The van der Waals surface area contributed by atoms with Gasteiger partial charge in [-0.2, -0.15) is 0 Å². The number of fused-ring (bicyclic) bond motifs is 3. The van der Waals surface area contributed by atoms with Crippen molar-refractivity contribution in [3.63, 3.8) is 0 Å². The van der Waals surface area contributed by atoms with Crippen molar-refractivity contribution in [2.24, 2.45) is 7.05 Å². The van der Waals surface area contributed by atoms with Crippen LogP contribution in [0.1, 0.15) is 47.6 Å². The first kappa shape index (κ1) is 13.2. The minimum absolute atomic E-state index is 0.169. The molecule has 3 heteroatoms. The Bertz CT molecular complexity index is 697. The Morgan fingerprint density at radius 1 is 1.40 bits per heavy atom. The van der Waals surface area contributed by atoms with E-state index in [0.717, 1.165) is 19.3 Å². The summed E-state index contributed by atoms with van der Waals surface area (Å²) >= 11 is 0. The van der Waals surface area contributed by atoms with Crippen LogP contribution >= 0.6 is 0 Å². The molecule has 0 aliphatic heterocycles. The summed E-state index contributed by atoms with van der Waals surface area (Å²) in [7, 11) is 2.12. The maximum absolute atomic E-state index is 11.1. The van der Waals surface area contributed by atoms with Gasteiger partial charge in [0.1, 0.15) is 0 Å². The van der Waals surface area contributed by atoms with Gasteiger partial charge >= 0.3 is 5.97 Å². The topological polar surface area (TPSA) is 42.2 Å². The van der Waals surface area contributed by atoms with Gasteiger partial charge in [0.25, 0.3) is 0 Å². The summed E-state index contributed by atoms with van der Waals surface area (Å²) in [6.45, 7) is 4.30. The highest BCUT2D eigenvalue weighted by molar-refractivity contribution is 5.90. The van der Waals surface area contributed by atoms with Gasteiger partial charge in [0.05, 0.1) is 11.9 Å². The lowest BCUT2D eigenvalue weighted by atomic mass is 9.83. The number of aromatic nitrogens is 1. The van der Waals surface area contributed by atoms with Crippen molar-refractivity contribution in [3.8, 4) is 0 Å². The zero-order valence-electron chi connectivity index (χ0n) is 12.4. The number of nitrogens with zero attached hydrogens (tertiary/aromatic N) is 1. The van der Waals surface area contributed by atoms with Crippen LogP contribution in [0.4, 0.5) is 0 Å². The molecule has 0 saturated carbocycles. The van der Waals surface area contributed by atoms with Gasteiger partial charge in [-0.3, -0.25) is 4.79 Å². The number of aliphatic carboxylic acids is 1. The maximum atomic E-state index is 11.1. The smallest absolute Gasteiger partial charge is 0.303 e. The molecule has 1 unspecified atom stereocenters. The summed E-state index contributed by atoms with van der Waals surface area (Å²) in [5.74, 6) is -0.522. The summed E-state index contributed by atoms with van der Waals surface area (Å²) in [4.78, 5) is 11.1. The second-order valence-corrected chi connectivity index (χ2v) is 6.01. The highest BCUT2D eigenvalue weighted by Crippen LogP contribution is 2.41. The third kappa shape index (κ3) is 1.84. The molecule has 3 nitrogen and oxygen atoms in total. The molecule has 0 spiro atoms. The predicted molar refractivity (Wildman–Crippen MR) is 80.3 cm³/mol. The molecule has 1 aliphatic carbocycles. The average Bonchev–Trinajstić information content (AvgIpc) is 2.69. The zero-order chi connectivity index (χ0) is 14.4. The van der Waals surface area contributed by atoms with Gasteiger partial charge in [-0.15, -0.1) is 0 Å². The molecule has 1 N–H and O–H groups in total. The molecule has 106 valence electrons. The largest absolute Gasteiger partial charge is 0.481 e. The van der Waals surface area contributed by atoms with E-state index in [1.807, 2.05) is 0 Å². The molecule has 1 aliphatic rings. The van der Waals surface area contributed by atoms with Gasteiger partial charge in [-0.05, 0) is 55.7 Å². The number of benzene rings is 1. The average molecular weight is 271 g/mol. The van der Waals surface area contributed by atoms with Crippen LogP contribution in [0, 0.1) is 13.8 Å². The van der Waals surface area contributed by atoms with E-state index >= 15 is 0 Å². The lowest BCUT2D eigenvalue weighted by Crippen LogP contribution is -2.14.